The van der Waals surface area contributed by atoms with E-state index < -0.39 is 0 Å². The number of nitrogens with zero attached hydrogens (tertiary/aromatic N) is 2. The third kappa shape index (κ3) is 4.05. The van der Waals surface area contributed by atoms with Crippen LogP contribution in [-0.4, -0.2) is 33.2 Å². The molecule has 0 aliphatic rings. The molecule has 0 saturated heterocycles. The van der Waals surface area contributed by atoms with Gasteiger partial charge in [0.2, 0.25) is 5.91 Å². The van der Waals surface area contributed by atoms with Crippen LogP contribution in [0.15, 0.2) is 0 Å². The number of rotatable bonds is 5. The van der Waals surface area contributed by atoms with E-state index in [0.29, 0.717) is 5.75 Å². The largest absolute Gasteiger partial charge is 0.327 e. The fourth-order valence-corrected chi connectivity index (χ4v) is 2.21. The van der Waals surface area contributed by atoms with Crippen molar-refractivity contribution in [3.63, 3.8) is 0 Å². The van der Waals surface area contributed by atoms with E-state index in [1.165, 1.54) is 0 Å². The minimum Gasteiger partial charge on any atom is -0.327 e. The number of amides is 1. The van der Waals surface area contributed by atoms with Gasteiger partial charge in [-0.2, -0.15) is 16.9 Å². The summed E-state index contributed by atoms with van der Waals surface area (Å²) in [4.78, 5) is 11.7. The van der Waals surface area contributed by atoms with Gasteiger partial charge in [0, 0.05) is 18.8 Å². The van der Waals surface area contributed by atoms with Crippen LogP contribution in [0.2, 0.25) is 0 Å². The Morgan fingerprint density at radius 2 is 2.24 bits per heavy atom. The summed E-state index contributed by atoms with van der Waals surface area (Å²) in [5.41, 5.74) is 8.24. The first kappa shape index (κ1) is 14.1. The highest BCUT2D eigenvalue weighted by atomic mass is 32.2. The van der Waals surface area contributed by atoms with Gasteiger partial charge in [0.05, 0.1) is 22.8 Å². The van der Waals surface area contributed by atoms with Gasteiger partial charge in [-0.3, -0.25) is 9.48 Å². The lowest BCUT2D eigenvalue weighted by atomic mass is 10.3. The van der Waals surface area contributed by atoms with Crippen LogP contribution < -0.4 is 11.1 Å². The van der Waals surface area contributed by atoms with Gasteiger partial charge in [-0.15, -0.1) is 0 Å². The van der Waals surface area contributed by atoms with Gasteiger partial charge in [-0.05, 0) is 20.8 Å². The van der Waals surface area contributed by atoms with Crippen LogP contribution in [0.5, 0.6) is 0 Å². The Morgan fingerprint density at radius 1 is 1.59 bits per heavy atom. The van der Waals surface area contributed by atoms with Crippen LogP contribution >= 0.6 is 11.8 Å². The average molecular weight is 256 g/mol. The van der Waals surface area contributed by atoms with E-state index in [0.717, 1.165) is 22.8 Å². The third-order valence-electron chi connectivity index (χ3n) is 2.39. The predicted molar refractivity (Wildman–Crippen MR) is 72.3 cm³/mol. The summed E-state index contributed by atoms with van der Waals surface area (Å²) in [5, 5.41) is 7.14. The van der Waals surface area contributed by atoms with Crippen molar-refractivity contribution in [1.82, 2.24) is 9.78 Å². The summed E-state index contributed by atoms with van der Waals surface area (Å²) in [6.45, 7) is 5.75. The number of aromatic nitrogens is 2. The van der Waals surface area contributed by atoms with E-state index in [4.69, 9.17) is 5.73 Å². The second-order valence-corrected chi connectivity index (χ2v) is 5.24. The molecule has 1 amide bonds. The first-order valence-corrected chi connectivity index (χ1v) is 6.70. The number of nitrogens with two attached hydrogens (primary N) is 1. The molecule has 96 valence electrons. The van der Waals surface area contributed by atoms with Gasteiger partial charge in [-0.25, -0.2) is 0 Å². The van der Waals surface area contributed by atoms with Gasteiger partial charge >= 0.3 is 0 Å². The van der Waals surface area contributed by atoms with Crippen molar-refractivity contribution in [3.8, 4) is 0 Å². The molecule has 0 bridgehead atoms. The molecule has 1 heterocycles. The summed E-state index contributed by atoms with van der Waals surface area (Å²) >= 11 is 1.54. The first-order chi connectivity index (χ1) is 7.91. The van der Waals surface area contributed by atoms with Crippen LogP contribution in [0.4, 0.5) is 5.69 Å². The molecule has 0 aliphatic heterocycles. The monoisotopic (exact) mass is 256 g/mol. The van der Waals surface area contributed by atoms with E-state index in [1.807, 2.05) is 27.8 Å². The Hall–Kier alpha value is -1.01. The minimum atomic E-state index is -0.00477. The molecule has 0 saturated carbocycles. The number of hydrogen-bond acceptors (Lipinski definition) is 4. The zero-order valence-electron chi connectivity index (χ0n) is 10.8. The smallest absolute Gasteiger partial charge is 0.234 e. The van der Waals surface area contributed by atoms with Gasteiger partial charge in [-0.1, -0.05) is 0 Å². The minimum absolute atomic E-state index is 0.00477. The summed E-state index contributed by atoms with van der Waals surface area (Å²) in [7, 11) is 1.86. The van der Waals surface area contributed by atoms with Crippen molar-refractivity contribution in [3.05, 3.63) is 11.4 Å². The van der Waals surface area contributed by atoms with Crippen LogP contribution in [-0.2, 0) is 11.8 Å². The fourth-order valence-electron chi connectivity index (χ4n) is 1.47. The van der Waals surface area contributed by atoms with E-state index in [-0.39, 0.29) is 11.9 Å². The molecule has 0 fully saturated rings. The van der Waals surface area contributed by atoms with Gasteiger partial charge in [0.15, 0.2) is 0 Å². The zero-order chi connectivity index (χ0) is 13.0. The molecule has 0 aromatic carbocycles. The molecule has 6 heteroatoms. The molecule has 1 unspecified atom stereocenters. The van der Waals surface area contributed by atoms with Crippen LogP contribution in [0.1, 0.15) is 18.3 Å². The average Bonchev–Trinajstić information content (AvgIpc) is 2.44. The van der Waals surface area contributed by atoms with Crippen molar-refractivity contribution < 1.29 is 4.79 Å². The highest BCUT2D eigenvalue weighted by Gasteiger charge is 2.12. The lowest BCUT2D eigenvalue weighted by molar-refractivity contribution is -0.113. The van der Waals surface area contributed by atoms with Crippen molar-refractivity contribution in [2.75, 3.05) is 16.8 Å². The number of carbonyl (C=O) groups excluding carboxylic acids is 1. The Morgan fingerprint density at radius 3 is 2.71 bits per heavy atom. The molecule has 1 aromatic rings. The fraction of sp³-hybridized carbons (Fsp3) is 0.636. The number of aryl methyl sites for hydroxylation is 2. The van der Waals surface area contributed by atoms with Gasteiger partial charge in [0.1, 0.15) is 0 Å². The SMILES string of the molecule is Cc1nn(C)c(C)c1NC(=O)CSCC(C)N. The predicted octanol–water partition coefficient (Wildman–Crippen LogP) is 1.06. The normalized spacial score (nSPS) is 12.5. The summed E-state index contributed by atoms with van der Waals surface area (Å²) in [5.74, 6) is 1.21. The van der Waals surface area contributed by atoms with Crippen molar-refractivity contribution in [1.29, 1.82) is 0 Å². The summed E-state index contributed by atoms with van der Waals surface area (Å²) in [6.07, 6.45) is 0. The summed E-state index contributed by atoms with van der Waals surface area (Å²) in [6, 6.07) is 0.120. The maximum absolute atomic E-state index is 11.7. The highest BCUT2D eigenvalue weighted by Crippen LogP contribution is 2.18. The Balaban J connectivity index is 2.51. The van der Waals surface area contributed by atoms with Crippen molar-refractivity contribution in [2.24, 2.45) is 12.8 Å². The molecule has 5 nitrogen and oxygen atoms in total. The van der Waals surface area contributed by atoms with Gasteiger partial charge in [0.25, 0.3) is 0 Å². The lowest BCUT2D eigenvalue weighted by Crippen LogP contribution is -2.21. The van der Waals surface area contributed by atoms with E-state index in [2.05, 4.69) is 10.4 Å². The second kappa shape index (κ2) is 6.07. The summed E-state index contributed by atoms with van der Waals surface area (Å²) < 4.78 is 1.76. The highest BCUT2D eigenvalue weighted by molar-refractivity contribution is 8.00. The van der Waals surface area contributed by atoms with Gasteiger partial charge < -0.3 is 11.1 Å². The Bertz CT molecular complexity index is 400. The molecule has 0 aliphatic carbocycles. The zero-order valence-corrected chi connectivity index (χ0v) is 11.6. The standard InChI is InChI=1S/C11H20N4OS/c1-7(12)5-17-6-10(16)13-11-8(2)14-15(4)9(11)3/h7H,5-6,12H2,1-4H3,(H,13,16). The Labute approximate surface area is 106 Å². The number of nitrogens with one attached hydrogen (secondary N) is 1. The van der Waals surface area contributed by atoms with Crippen molar-refractivity contribution in [2.45, 2.75) is 26.8 Å². The third-order valence-corrected chi connectivity index (χ3v) is 3.62. The lowest BCUT2D eigenvalue weighted by Gasteiger charge is -2.06. The maximum atomic E-state index is 11.7. The van der Waals surface area contributed by atoms with Crippen molar-refractivity contribution >= 4 is 23.4 Å². The first-order valence-electron chi connectivity index (χ1n) is 5.55. The Kier molecular flexibility index (Phi) is 5.02. The topological polar surface area (TPSA) is 72.9 Å². The molecule has 17 heavy (non-hydrogen) atoms. The van der Waals surface area contributed by atoms with Crippen LogP contribution in [0.25, 0.3) is 0 Å². The molecule has 0 radical (unpaired) electrons. The number of thioether (sulfide) groups is 1. The van der Waals surface area contributed by atoms with Crippen LogP contribution in [0.3, 0.4) is 0 Å². The number of anilines is 1. The molecular weight excluding hydrogens is 236 g/mol. The van der Waals surface area contributed by atoms with E-state index in [1.54, 1.807) is 16.4 Å². The molecular formula is C11H20N4OS. The van der Waals surface area contributed by atoms with E-state index in [9.17, 15) is 4.79 Å². The molecule has 3 N–H and O–H groups in total. The van der Waals surface area contributed by atoms with Crippen LogP contribution in [0, 0.1) is 13.8 Å². The molecule has 1 atom stereocenters. The molecule has 0 spiro atoms. The maximum Gasteiger partial charge on any atom is 0.234 e. The number of carbonyl (C=O) groups is 1. The number of hydrogen-bond donors (Lipinski definition) is 2. The molecule has 1 aromatic heterocycles. The quantitative estimate of drug-likeness (QED) is 0.826. The van der Waals surface area contributed by atoms with E-state index >= 15 is 0 Å². The second-order valence-electron chi connectivity index (χ2n) is 4.21. The molecule has 1 rings (SSSR count).